The molecule has 1 aromatic rings. The van der Waals surface area contributed by atoms with Gasteiger partial charge in [-0.25, -0.2) is 4.79 Å². The molecule has 5 fully saturated rings. The molecule has 8 nitrogen and oxygen atoms in total. The fourth-order valence-electron chi connectivity index (χ4n) is 6.97. The zero-order chi connectivity index (χ0) is 22.2. The summed E-state index contributed by atoms with van der Waals surface area (Å²) < 4.78 is 11.6. The molecule has 1 atom stereocenters. The Labute approximate surface area is 205 Å². The maximum absolute atomic E-state index is 13.5. The number of anilines is 1. The van der Waals surface area contributed by atoms with E-state index in [0.29, 0.717) is 29.3 Å². The minimum absolute atomic E-state index is 0. The van der Waals surface area contributed by atoms with E-state index in [1.54, 1.807) is 6.07 Å². The summed E-state index contributed by atoms with van der Waals surface area (Å²) in [6.45, 7) is 2.82. The lowest BCUT2D eigenvalue weighted by Crippen LogP contribution is -3.00. The Kier molecular flexibility index (Phi) is 7.50. The summed E-state index contributed by atoms with van der Waals surface area (Å²) in [5.41, 5.74) is -1.34. The van der Waals surface area contributed by atoms with E-state index in [4.69, 9.17) is 9.26 Å². The van der Waals surface area contributed by atoms with E-state index >= 15 is 0 Å². The molecule has 3 aliphatic heterocycles. The molecule has 2 N–H and O–H groups in total. The molecule has 0 aromatic carbocycles. The number of halogens is 1. The minimum atomic E-state index is -1.34. The second-order valence-corrected chi connectivity index (χ2v) is 10.6. The molecule has 0 unspecified atom stereocenters. The largest absolute Gasteiger partial charge is 1.00 e. The number of esters is 1. The first-order valence-corrected chi connectivity index (χ1v) is 12.5. The van der Waals surface area contributed by atoms with Gasteiger partial charge in [0.25, 0.3) is 5.91 Å². The molecule has 2 aliphatic carbocycles. The first kappa shape index (κ1) is 24.7. The van der Waals surface area contributed by atoms with Crippen LogP contribution in [-0.4, -0.2) is 64.5 Å². The second kappa shape index (κ2) is 10.0. The Bertz CT molecular complexity index is 796. The number of nitrogens with one attached hydrogen (secondary N) is 1. The molecule has 2 bridgehead atoms. The topological polar surface area (TPSA) is 102 Å². The highest BCUT2D eigenvalue weighted by molar-refractivity contribution is 5.90. The van der Waals surface area contributed by atoms with Gasteiger partial charge in [-0.3, -0.25) is 4.79 Å². The Hall–Kier alpha value is -1.45. The number of piperidine rings is 3. The van der Waals surface area contributed by atoms with Crippen LogP contribution in [0, 0.1) is 17.8 Å². The van der Waals surface area contributed by atoms with Crippen molar-refractivity contribution < 1.29 is 45.4 Å². The molecule has 2 saturated carbocycles. The molecule has 6 rings (SSSR count). The van der Waals surface area contributed by atoms with Crippen LogP contribution in [-0.2, 0) is 14.3 Å². The van der Waals surface area contributed by atoms with Crippen molar-refractivity contribution in [3.63, 3.8) is 0 Å². The average molecular weight is 526 g/mol. The van der Waals surface area contributed by atoms with Crippen LogP contribution >= 0.6 is 0 Å². The summed E-state index contributed by atoms with van der Waals surface area (Å²) in [6, 6.07) is 1.62. The first-order valence-electron chi connectivity index (χ1n) is 12.5. The van der Waals surface area contributed by atoms with Crippen molar-refractivity contribution in [2.75, 3.05) is 31.5 Å². The Morgan fingerprint density at radius 1 is 1.09 bits per heavy atom. The quantitative estimate of drug-likeness (QED) is 0.380. The lowest BCUT2D eigenvalue weighted by Gasteiger charge is -2.52. The lowest BCUT2D eigenvalue weighted by molar-refractivity contribution is -0.939. The van der Waals surface area contributed by atoms with Crippen LogP contribution in [0.15, 0.2) is 16.9 Å². The number of aromatic nitrogens is 1. The monoisotopic (exact) mass is 525 g/mol. The summed E-state index contributed by atoms with van der Waals surface area (Å²) in [7, 11) is 0. The Morgan fingerprint density at radius 2 is 1.70 bits per heavy atom. The number of rotatable bonds is 7. The van der Waals surface area contributed by atoms with E-state index in [0.717, 1.165) is 77.3 Å². The van der Waals surface area contributed by atoms with Crippen molar-refractivity contribution in [1.29, 1.82) is 0 Å². The lowest BCUT2D eigenvalue weighted by atomic mass is 9.74. The number of amides is 1. The van der Waals surface area contributed by atoms with Gasteiger partial charge in [-0.2, -0.15) is 0 Å². The minimum Gasteiger partial charge on any atom is -1.00 e. The zero-order valence-corrected chi connectivity index (χ0v) is 20.8. The third kappa shape index (κ3) is 4.86. The molecule has 0 spiro atoms. The van der Waals surface area contributed by atoms with Crippen molar-refractivity contribution in [3.8, 4) is 0 Å². The number of hydrogen-bond donors (Lipinski definition) is 2. The number of fused-ring (bicyclic) bond motifs is 3. The molecule has 1 aromatic heterocycles. The van der Waals surface area contributed by atoms with Gasteiger partial charge in [-0.05, 0) is 37.5 Å². The number of quaternary nitrogens is 1. The van der Waals surface area contributed by atoms with Gasteiger partial charge < -0.3 is 41.1 Å². The van der Waals surface area contributed by atoms with Crippen molar-refractivity contribution in [2.24, 2.45) is 17.8 Å². The van der Waals surface area contributed by atoms with Gasteiger partial charge in [0.05, 0.1) is 13.1 Å². The van der Waals surface area contributed by atoms with E-state index in [9.17, 15) is 14.7 Å². The number of aliphatic hydroxyl groups is 1. The third-order valence-corrected chi connectivity index (χ3v) is 8.77. The number of ether oxygens (including phenoxy) is 1. The Balaban J connectivity index is 0.00000259. The molecule has 3 saturated heterocycles. The normalized spacial score (nSPS) is 30.2. The second-order valence-electron chi connectivity index (χ2n) is 10.6. The van der Waals surface area contributed by atoms with Gasteiger partial charge in [-0.1, -0.05) is 30.8 Å². The molecule has 184 valence electrons. The van der Waals surface area contributed by atoms with Gasteiger partial charge in [0.1, 0.15) is 12.8 Å². The molecule has 5 aliphatic rings. The van der Waals surface area contributed by atoms with Crippen LogP contribution < -0.4 is 22.3 Å². The van der Waals surface area contributed by atoms with E-state index < -0.39 is 5.60 Å². The average Bonchev–Trinajstić information content (AvgIpc) is 3.57. The van der Waals surface area contributed by atoms with Crippen LogP contribution in [0.1, 0.15) is 64.2 Å². The number of carbonyl (C=O) groups excluding carboxylic acids is 2. The van der Waals surface area contributed by atoms with Crippen LogP contribution in [0.2, 0.25) is 0 Å². The molecular weight excluding hydrogens is 490 g/mol. The van der Waals surface area contributed by atoms with Gasteiger partial charge in [0, 0.05) is 24.8 Å². The van der Waals surface area contributed by atoms with Crippen LogP contribution in [0.3, 0.4) is 0 Å². The predicted molar refractivity (Wildman–Crippen MR) is 116 cm³/mol. The molecule has 1 amide bonds. The summed E-state index contributed by atoms with van der Waals surface area (Å²) in [5.74, 6) is 0.305. The summed E-state index contributed by atoms with van der Waals surface area (Å²) in [5, 5.41) is 18.3. The maximum Gasteiger partial charge on any atom is 0.339 e. The van der Waals surface area contributed by atoms with Gasteiger partial charge in [-0.15, -0.1) is 0 Å². The molecule has 33 heavy (non-hydrogen) atoms. The smallest absolute Gasteiger partial charge is 0.339 e. The Morgan fingerprint density at radius 3 is 2.24 bits per heavy atom. The van der Waals surface area contributed by atoms with Crippen molar-refractivity contribution in [2.45, 2.75) is 75.9 Å². The standard InChI is InChI=1S/C24H35N3O5.BrH/c28-22(25-21-11-14-31-26-21)16-27-12-9-17(10-13-27)20(15-27)32-23(29)24(30,18-5-1-2-6-18)19-7-3-4-8-19;/h11,14,17-20,30H,1-10,12-13,15-16H2;1H/t17?,20-,27?;/m0./s1. The maximum atomic E-state index is 13.5. The van der Waals surface area contributed by atoms with Gasteiger partial charge in [0.2, 0.25) is 0 Å². The summed E-state index contributed by atoms with van der Waals surface area (Å²) in [6.07, 6.45) is 11.1. The summed E-state index contributed by atoms with van der Waals surface area (Å²) >= 11 is 0. The first-order chi connectivity index (χ1) is 15.5. The van der Waals surface area contributed by atoms with Crippen LogP contribution in [0.25, 0.3) is 0 Å². The predicted octanol–water partition coefficient (Wildman–Crippen LogP) is -0.119. The highest BCUT2D eigenvalue weighted by Crippen LogP contribution is 2.46. The molecular formula is C24H36BrN3O5. The SMILES string of the molecule is O=C(C[N+]12CCC(CC1)[C@@H](OC(=O)C(O)(C1CCCC1)C1CCCC1)C2)Nc1ccon1.[Br-]. The number of nitrogens with zero attached hydrogens (tertiary/aromatic N) is 2. The molecule has 4 heterocycles. The fraction of sp³-hybridized carbons (Fsp3) is 0.792. The van der Waals surface area contributed by atoms with Gasteiger partial charge in [0.15, 0.2) is 24.1 Å². The van der Waals surface area contributed by atoms with E-state index in [-0.39, 0.29) is 46.8 Å². The number of hydrogen-bond acceptors (Lipinski definition) is 6. The van der Waals surface area contributed by atoms with E-state index in [1.165, 1.54) is 6.26 Å². The molecule has 9 heteroatoms. The zero-order valence-electron chi connectivity index (χ0n) is 19.2. The van der Waals surface area contributed by atoms with E-state index in [1.807, 2.05) is 0 Å². The van der Waals surface area contributed by atoms with Crippen molar-refractivity contribution in [3.05, 3.63) is 12.3 Å². The van der Waals surface area contributed by atoms with Gasteiger partial charge >= 0.3 is 5.97 Å². The fourth-order valence-corrected chi connectivity index (χ4v) is 6.97. The van der Waals surface area contributed by atoms with Crippen LogP contribution in [0.4, 0.5) is 5.82 Å². The van der Waals surface area contributed by atoms with Crippen molar-refractivity contribution in [1.82, 2.24) is 5.16 Å². The van der Waals surface area contributed by atoms with Crippen LogP contribution in [0.5, 0.6) is 0 Å². The summed E-state index contributed by atoms with van der Waals surface area (Å²) in [4.78, 5) is 26.2. The number of carbonyl (C=O) groups is 2. The highest BCUT2D eigenvalue weighted by atomic mass is 79.9. The highest BCUT2D eigenvalue weighted by Gasteiger charge is 2.55. The van der Waals surface area contributed by atoms with E-state index in [2.05, 4.69) is 10.5 Å². The molecule has 0 radical (unpaired) electrons. The van der Waals surface area contributed by atoms with Crippen molar-refractivity contribution >= 4 is 17.7 Å². The third-order valence-electron chi connectivity index (χ3n) is 8.77.